The Kier molecular flexibility index (Phi) is 4.71. The minimum Gasteiger partial charge on any atom is -0.457 e. The second-order valence-electron chi connectivity index (χ2n) is 5.46. The summed E-state index contributed by atoms with van der Waals surface area (Å²) in [5.41, 5.74) is 2.22. The van der Waals surface area contributed by atoms with Crippen molar-refractivity contribution in [1.29, 1.82) is 0 Å². The third-order valence-corrected chi connectivity index (χ3v) is 3.80. The number of hydrogen-bond acceptors (Lipinski definition) is 4. The smallest absolute Gasteiger partial charge is 0.306 e. The Morgan fingerprint density at radius 1 is 1.35 bits per heavy atom. The molecule has 0 atom stereocenters. The van der Waals surface area contributed by atoms with Gasteiger partial charge in [-0.1, -0.05) is 25.1 Å². The van der Waals surface area contributed by atoms with Crippen molar-refractivity contribution in [2.24, 2.45) is 0 Å². The predicted octanol–water partition coefficient (Wildman–Crippen LogP) is 2.85. The van der Waals surface area contributed by atoms with Gasteiger partial charge in [-0.05, 0) is 24.5 Å². The van der Waals surface area contributed by atoms with Crippen LogP contribution in [0.2, 0.25) is 0 Å². The van der Waals surface area contributed by atoms with Crippen molar-refractivity contribution in [3.05, 3.63) is 48.2 Å². The number of carbonyl (C=O) groups is 1. The number of benzene rings is 1. The first-order valence-electron chi connectivity index (χ1n) is 7.85. The first-order valence-corrected chi connectivity index (χ1v) is 7.85. The largest absolute Gasteiger partial charge is 0.457 e. The first kappa shape index (κ1) is 15.3. The zero-order valence-corrected chi connectivity index (χ0v) is 13.2. The maximum atomic E-state index is 11.9. The fraction of sp³-hybridized carbons (Fsp3) is 0.353. The normalized spacial score (nSPS) is 11.0. The number of para-hydroxylation sites is 1. The lowest BCUT2D eigenvalue weighted by Gasteiger charge is -2.06. The molecule has 2 aromatic heterocycles. The van der Waals surface area contributed by atoms with Gasteiger partial charge in [0, 0.05) is 30.1 Å². The highest BCUT2D eigenvalue weighted by Gasteiger charge is 2.10. The van der Waals surface area contributed by atoms with Crippen LogP contribution in [0.25, 0.3) is 10.9 Å². The second-order valence-corrected chi connectivity index (χ2v) is 5.46. The van der Waals surface area contributed by atoms with Crippen molar-refractivity contribution < 1.29 is 9.53 Å². The van der Waals surface area contributed by atoms with E-state index < -0.39 is 0 Å². The second kappa shape index (κ2) is 7.09. The van der Waals surface area contributed by atoms with E-state index in [1.54, 1.807) is 6.33 Å². The number of aryl methyl sites for hydroxylation is 2. The lowest BCUT2D eigenvalue weighted by Crippen LogP contribution is -2.10. The van der Waals surface area contributed by atoms with E-state index >= 15 is 0 Å². The highest BCUT2D eigenvalue weighted by Crippen LogP contribution is 2.19. The molecule has 3 aromatic rings. The van der Waals surface area contributed by atoms with Crippen molar-refractivity contribution in [2.75, 3.05) is 0 Å². The fourth-order valence-corrected chi connectivity index (χ4v) is 2.61. The van der Waals surface area contributed by atoms with Crippen LogP contribution >= 0.6 is 0 Å². The number of ether oxygens (including phenoxy) is 1. The van der Waals surface area contributed by atoms with Crippen LogP contribution in [-0.4, -0.2) is 25.7 Å². The molecule has 6 heteroatoms. The monoisotopic (exact) mass is 312 g/mol. The van der Waals surface area contributed by atoms with Crippen LogP contribution in [0.15, 0.2) is 36.8 Å². The highest BCUT2D eigenvalue weighted by atomic mass is 16.5. The van der Waals surface area contributed by atoms with Gasteiger partial charge in [-0.2, -0.15) is 0 Å². The molecule has 1 N–H and O–H groups in total. The van der Waals surface area contributed by atoms with Gasteiger partial charge in [0.2, 0.25) is 0 Å². The summed E-state index contributed by atoms with van der Waals surface area (Å²) < 4.78 is 7.22. The van der Waals surface area contributed by atoms with Crippen LogP contribution in [-0.2, 0) is 29.1 Å². The number of carbonyl (C=O) groups excluding carboxylic acids is 1. The molecule has 0 saturated heterocycles. The average Bonchev–Trinajstić information content (AvgIpc) is 3.18. The van der Waals surface area contributed by atoms with E-state index in [2.05, 4.69) is 28.2 Å². The maximum Gasteiger partial charge on any atom is 0.306 e. The van der Waals surface area contributed by atoms with E-state index in [0.29, 0.717) is 18.7 Å². The van der Waals surface area contributed by atoms with Crippen LogP contribution in [0.3, 0.4) is 0 Å². The standard InChI is InChI=1S/C17H20N4O2/c1-2-9-21-12-19-20-16(21)11-23-17(22)8-7-13-10-18-15-6-4-3-5-14(13)15/h3-6,10,12,18H,2,7-9,11H2,1H3. The number of H-pyrrole nitrogens is 1. The fourth-order valence-electron chi connectivity index (χ4n) is 2.61. The van der Waals surface area contributed by atoms with E-state index in [1.807, 2.05) is 29.0 Å². The Morgan fingerprint density at radius 3 is 3.09 bits per heavy atom. The lowest BCUT2D eigenvalue weighted by atomic mass is 10.1. The molecule has 1 aromatic carbocycles. The zero-order valence-electron chi connectivity index (χ0n) is 13.2. The van der Waals surface area contributed by atoms with Crippen molar-refractivity contribution in [1.82, 2.24) is 19.7 Å². The van der Waals surface area contributed by atoms with E-state index in [9.17, 15) is 4.79 Å². The Bertz CT molecular complexity index is 791. The van der Waals surface area contributed by atoms with Gasteiger partial charge in [-0.25, -0.2) is 0 Å². The molecule has 0 bridgehead atoms. The molecular weight excluding hydrogens is 292 g/mol. The number of aromatic nitrogens is 4. The number of fused-ring (bicyclic) bond motifs is 1. The van der Waals surface area contributed by atoms with Gasteiger partial charge in [0.05, 0.1) is 0 Å². The van der Waals surface area contributed by atoms with Crippen molar-refractivity contribution in [3.8, 4) is 0 Å². The molecule has 0 amide bonds. The average molecular weight is 312 g/mol. The zero-order chi connectivity index (χ0) is 16.1. The van der Waals surface area contributed by atoms with Gasteiger partial charge >= 0.3 is 5.97 Å². The Balaban J connectivity index is 1.52. The summed E-state index contributed by atoms with van der Waals surface area (Å²) in [4.78, 5) is 15.2. The Hall–Kier alpha value is -2.63. The van der Waals surface area contributed by atoms with Crippen molar-refractivity contribution >= 4 is 16.9 Å². The molecule has 120 valence electrons. The molecule has 0 aliphatic carbocycles. The molecule has 0 aliphatic heterocycles. The van der Waals surface area contributed by atoms with Crippen LogP contribution in [0, 0.1) is 0 Å². The molecule has 6 nitrogen and oxygen atoms in total. The summed E-state index contributed by atoms with van der Waals surface area (Å²) in [6, 6.07) is 8.07. The number of nitrogens with zero attached hydrogens (tertiary/aromatic N) is 3. The van der Waals surface area contributed by atoms with Crippen LogP contribution in [0.4, 0.5) is 0 Å². The Labute approximate surface area is 134 Å². The van der Waals surface area contributed by atoms with Crippen LogP contribution in [0.5, 0.6) is 0 Å². The molecule has 23 heavy (non-hydrogen) atoms. The van der Waals surface area contributed by atoms with E-state index in [1.165, 1.54) is 0 Å². The van der Waals surface area contributed by atoms with Crippen molar-refractivity contribution in [3.63, 3.8) is 0 Å². The number of rotatable bonds is 7. The van der Waals surface area contributed by atoms with Crippen LogP contribution in [0.1, 0.15) is 31.2 Å². The summed E-state index contributed by atoms with van der Waals surface area (Å²) in [6.45, 7) is 3.08. The first-order chi connectivity index (χ1) is 11.3. The van der Waals surface area contributed by atoms with E-state index in [0.717, 1.165) is 29.4 Å². The number of nitrogens with one attached hydrogen (secondary N) is 1. The summed E-state index contributed by atoms with van der Waals surface area (Å²) in [7, 11) is 0. The van der Waals surface area contributed by atoms with Crippen molar-refractivity contribution in [2.45, 2.75) is 39.3 Å². The summed E-state index contributed by atoms with van der Waals surface area (Å²) >= 11 is 0. The van der Waals surface area contributed by atoms with Gasteiger partial charge in [0.25, 0.3) is 0 Å². The molecular formula is C17H20N4O2. The summed E-state index contributed by atoms with van der Waals surface area (Å²) in [5.74, 6) is 0.466. The summed E-state index contributed by atoms with van der Waals surface area (Å²) in [5, 5.41) is 9.00. The summed E-state index contributed by atoms with van der Waals surface area (Å²) in [6.07, 6.45) is 5.61. The third kappa shape index (κ3) is 3.59. The molecule has 0 radical (unpaired) electrons. The molecule has 0 unspecified atom stereocenters. The van der Waals surface area contributed by atoms with Gasteiger partial charge in [-0.15, -0.1) is 10.2 Å². The minimum absolute atomic E-state index is 0.173. The molecule has 3 rings (SSSR count). The molecule has 2 heterocycles. The minimum atomic E-state index is -0.221. The van der Waals surface area contributed by atoms with Gasteiger partial charge < -0.3 is 14.3 Å². The molecule has 0 spiro atoms. The maximum absolute atomic E-state index is 11.9. The number of hydrogen-bond donors (Lipinski definition) is 1. The molecule has 0 saturated carbocycles. The third-order valence-electron chi connectivity index (χ3n) is 3.80. The number of aromatic amines is 1. The SMILES string of the molecule is CCCn1cnnc1COC(=O)CCc1c[nH]c2ccccc12. The topological polar surface area (TPSA) is 72.8 Å². The molecule has 0 aliphatic rings. The quantitative estimate of drug-likeness (QED) is 0.681. The predicted molar refractivity (Wildman–Crippen MR) is 86.7 cm³/mol. The highest BCUT2D eigenvalue weighted by molar-refractivity contribution is 5.83. The van der Waals surface area contributed by atoms with Crippen LogP contribution < -0.4 is 0 Å². The lowest BCUT2D eigenvalue weighted by molar-refractivity contribution is -0.145. The van der Waals surface area contributed by atoms with Gasteiger partial charge in [-0.3, -0.25) is 4.79 Å². The Morgan fingerprint density at radius 2 is 2.22 bits per heavy atom. The van der Waals surface area contributed by atoms with Gasteiger partial charge in [0.1, 0.15) is 6.33 Å². The van der Waals surface area contributed by atoms with E-state index in [4.69, 9.17) is 4.74 Å². The van der Waals surface area contributed by atoms with E-state index in [-0.39, 0.29) is 12.6 Å². The van der Waals surface area contributed by atoms with Gasteiger partial charge in [0.15, 0.2) is 12.4 Å². The number of esters is 1. The molecule has 0 fully saturated rings.